The molecule has 154 valence electrons. The first kappa shape index (κ1) is 23.0. The molecule has 0 aromatic rings. The highest BCUT2D eigenvalue weighted by atomic mass is 16.5. The van der Waals surface area contributed by atoms with E-state index in [0.29, 0.717) is 6.42 Å². The summed E-state index contributed by atoms with van der Waals surface area (Å²) in [6.07, 6.45) is 0.483. The van der Waals surface area contributed by atoms with Gasteiger partial charge in [-0.1, -0.05) is 24.1 Å². The molecule has 1 saturated heterocycles. The number of ether oxygens (including phenoxy) is 1. The first-order valence-electron chi connectivity index (χ1n) is 8.76. The number of hydrogen-bond donors (Lipinski definition) is 3. The molecule has 13 nitrogen and oxygen atoms in total. The Bertz CT molecular complexity index is 670. The fourth-order valence-corrected chi connectivity index (χ4v) is 2.95. The highest BCUT2D eigenvalue weighted by Gasteiger charge is 2.39. The van der Waals surface area contributed by atoms with Crippen molar-refractivity contribution in [2.75, 3.05) is 26.7 Å². The molecule has 0 saturated carbocycles. The minimum absolute atomic E-state index is 0.0925. The van der Waals surface area contributed by atoms with Crippen LogP contribution in [0.1, 0.15) is 20.3 Å². The lowest BCUT2D eigenvalue weighted by molar-refractivity contribution is -0.141. The Morgan fingerprint density at radius 2 is 1.86 bits per heavy atom. The minimum atomic E-state index is -0.866. The summed E-state index contributed by atoms with van der Waals surface area (Å²) in [5.74, 6) is -2.09. The normalized spacial score (nSPS) is 21.8. The van der Waals surface area contributed by atoms with Gasteiger partial charge < -0.3 is 20.7 Å². The number of esters is 1. The first-order chi connectivity index (χ1) is 13.3. The highest BCUT2D eigenvalue weighted by Crippen LogP contribution is 2.22. The number of methoxy groups -OCH3 is 1. The summed E-state index contributed by atoms with van der Waals surface area (Å²) in [5, 5.41) is 15.2. The number of amides is 2. The van der Waals surface area contributed by atoms with Gasteiger partial charge in [0.15, 0.2) is 0 Å². The second-order valence-electron chi connectivity index (χ2n) is 6.69. The van der Waals surface area contributed by atoms with Crippen LogP contribution in [0.15, 0.2) is 10.2 Å². The quantitative estimate of drug-likeness (QED) is 0.208. The average Bonchev–Trinajstić information content (AvgIpc) is 3.09. The van der Waals surface area contributed by atoms with Crippen LogP contribution in [0.25, 0.3) is 20.9 Å². The predicted molar refractivity (Wildman–Crippen MR) is 98.6 cm³/mol. The summed E-state index contributed by atoms with van der Waals surface area (Å²) in [6.45, 7) is 3.46. The third-order valence-electron chi connectivity index (χ3n) is 4.38. The van der Waals surface area contributed by atoms with Crippen molar-refractivity contribution in [1.82, 2.24) is 16.0 Å². The Hall–Kier alpha value is -3.01. The summed E-state index contributed by atoms with van der Waals surface area (Å²) in [5.41, 5.74) is 17.0. The molecule has 13 heteroatoms. The Kier molecular flexibility index (Phi) is 9.58. The van der Waals surface area contributed by atoms with Crippen LogP contribution in [-0.4, -0.2) is 62.7 Å². The second-order valence-corrected chi connectivity index (χ2v) is 6.69. The molecular formula is C15H25N9O4. The van der Waals surface area contributed by atoms with Gasteiger partial charge in [0.05, 0.1) is 13.2 Å². The summed E-state index contributed by atoms with van der Waals surface area (Å²) in [7, 11) is 1.21. The molecule has 2 amide bonds. The smallest absolute Gasteiger partial charge is 0.325 e. The van der Waals surface area contributed by atoms with Gasteiger partial charge in [0.25, 0.3) is 0 Å². The summed E-state index contributed by atoms with van der Waals surface area (Å²) >= 11 is 0. The van der Waals surface area contributed by atoms with E-state index in [4.69, 9.17) is 11.1 Å². The van der Waals surface area contributed by atoms with Crippen LogP contribution in [0.2, 0.25) is 0 Å². The molecule has 1 aliphatic rings. The van der Waals surface area contributed by atoms with E-state index in [0.717, 1.165) is 0 Å². The van der Waals surface area contributed by atoms with Crippen LogP contribution in [0.4, 0.5) is 0 Å². The van der Waals surface area contributed by atoms with Crippen molar-refractivity contribution in [3.05, 3.63) is 20.9 Å². The molecule has 0 aromatic heterocycles. The summed E-state index contributed by atoms with van der Waals surface area (Å²) in [6, 6.07) is -1.81. The van der Waals surface area contributed by atoms with Crippen molar-refractivity contribution in [1.29, 1.82) is 0 Å². The Balaban J connectivity index is 2.82. The van der Waals surface area contributed by atoms with Crippen molar-refractivity contribution in [3.63, 3.8) is 0 Å². The lowest BCUT2D eigenvalue weighted by atomic mass is 9.97. The topological polar surface area (TPSA) is 194 Å². The molecule has 0 aliphatic carbocycles. The molecule has 1 heterocycles. The molecule has 3 N–H and O–H groups in total. The number of nitrogens with one attached hydrogen (secondary N) is 3. The van der Waals surface area contributed by atoms with Crippen LogP contribution in [0.3, 0.4) is 0 Å². The maximum absolute atomic E-state index is 12.8. The fraction of sp³-hybridized carbons (Fsp3) is 0.800. The number of carbonyl (C=O) groups is 3. The largest absolute Gasteiger partial charge is 0.468 e. The molecule has 28 heavy (non-hydrogen) atoms. The maximum atomic E-state index is 12.8. The zero-order valence-corrected chi connectivity index (χ0v) is 16.0. The average molecular weight is 395 g/mol. The number of rotatable bonds is 10. The molecule has 0 bridgehead atoms. The summed E-state index contributed by atoms with van der Waals surface area (Å²) in [4.78, 5) is 41.7. The lowest BCUT2D eigenvalue weighted by Crippen LogP contribution is -2.56. The van der Waals surface area contributed by atoms with E-state index in [2.05, 4.69) is 40.7 Å². The van der Waals surface area contributed by atoms with E-state index >= 15 is 0 Å². The second kappa shape index (κ2) is 11.7. The van der Waals surface area contributed by atoms with Crippen molar-refractivity contribution in [3.8, 4) is 0 Å². The minimum Gasteiger partial charge on any atom is -0.468 e. The van der Waals surface area contributed by atoms with Gasteiger partial charge in [-0.05, 0) is 29.3 Å². The van der Waals surface area contributed by atoms with Gasteiger partial charge in [0.1, 0.15) is 12.6 Å². The van der Waals surface area contributed by atoms with Gasteiger partial charge in [-0.3, -0.25) is 14.4 Å². The molecule has 1 aliphatic heterocycles. The van der Waals surface area contributed by atoms with E-state index in [9.17, 15) is 14.4 Å². The molecule has 0 spiro atoms. The molecule has 0 unspecified atom stereocenters. The zero-order valence-electron chi connectivity index (χ0n) is 16.0. The van der Waals surface area contributed by atoms with Gasteiger partial charge in [-0.25, -0.2) is 0 Å². The molecular weight excluding hydrogens is 370 g/mol. The van der Waals surface area contributed by atoms with Gasteiger partial charge in [-0.2, -0.15) is 0 Å². The molecule has 1 fully saturated rings. The van der Waals surface area contributed by atoms with Crippen molar-refractivity contribution in [2.45, 2.75) is 38.4 Å². The standard InChI is InChI=1S/C15H25N9O4/c1-8(2)12(14(26)18-7-11(25)28-3)22-15(27)13-9(5-19-23-16)4-10(21-13)6-20-24-17/h8-10,12-13,21H,4-7H2,1-3H3,(H,18,26)(H,22,27)/t9-,10+,12+,13+/m1/s1. The Morgan fingerprint density at radius 1 is 1.21 bits per heavy atom. The zero-order chi connectivity index (χ0) is 21.1. The van der Waals surface area contributed by atoms with Gasteiger partial charge in [0, 0.05) is 29.0 Å². The van der Waals surface area contributed by atoms with E-state index in [1.807, 2.05) is 0 Å². The number of hydrogen-bond acceptors (Lipinski definition) is 7. The number of azide groups is 2. The molecule has 1 rings (SSSR count). The van der Waals surface area contributed by atoms with Gasteiger partial charge in [0.2, 0.25) is 11.8 Å². The van der Waals surface area contributed by atoms with Crippen LogP contribution >= 0.6 is 0 Å². The Morgan fingerprint density at radius 3 is 2.43 bits per heavy atom. The van der Waals surface area contributed by atoms with Crippen LogP contribution in [0, 0.1) is 11.8 Å². The van der Waals surface area contributed by atoms with Crippen molar-refractivity contribution in [2.24, 2.45) is 22.1 Å². The third-order valence-corrected chi connectivity index (χ3v) is 4.38. The van der Waals surface area contributed by atoms with Crippen LogP contribution < -0.4 is 16.0 Å². The highest BCUT2D eigenvalue weighted by molar-refractivity contribution is 5.91. The number of carbonyl (C=O) groups excluding carboxylic acids is 3. The fourth-order valence-electron chi connectivity index (χ4n) is 2.95. The lowest BCUT2D eigenvalue weighted by Gasteiger charge is -2.25. The Labute approximate surface area is 161 Å². The van der Waals surface area contributed by atoms with Crippen LogP contribution in [0.5, 0.6) is 0 Å². The predicted octanol–water partition coefficient (Wildman–Crippen LogP) is 0.384. The van der Waals surface area contributed by atoms with Crippen LogP contribution in [-0.2, 0) is 19.1 Å². The monoisotopic (exact) mass is 395 g/mol. The van der Waals surface area contributed by atoms with Gasteiger partial charge >= 0.3 is 5.97 Å². The van der Waals surface area contributed by atoms with Gasteiger partial charge in [-0.15, -0.1) is 0 Å². The van der Waals surface area contributed by atoms with E-state index in [-0.39, 0.29) is 37.5 Å². The number of nitrogens with zero attached hydrogens (tertiary/aromatic N) is 6. The maximum Gasteiger partial charge on any atom is 0.325 e. The van der Waals surface area contributed by atoms with E-state index in [1.165, 1.54) is 7.11 Å². The SMILES string of the molecule is COC(=O)CNC(=O)[C@@H](NC(=O)[C@H]1N[C@H](CN=[N+]=[N-])C[C@@H]1CN=[N+]=[N-])C(C)C. The van der Waals surface area contributed by atoms with Crippen molar-refractivity contribution < 1.29 is 19.1 Å². The first-order valence-corrected chi connectivity index (χ1v) is 8.76. The molecule has 0 radical (unpaired) electrons. The van der Waals surface area contributed by atoms with E-state index in [1.54, 1.807) is 13.8 Å². The van der Waals surface area contributed by atoms with E-state index < -0.39 is 29.9 Å². The molecule has 4 atom stereocenters. The summed E-state index contributed by atoms with van der Waals surface area (Å²) < 4.78 is 4.47. The third kappa shape index (κ3) is 6.95. The van der Waals surface area contributed by atoms with Crippen molar-refractivity contribution >= 4 is 17.8 Å². The molecule has 0 aromatic carbocycles.